The highest BCUT2D eigenvalue weighted by Gasteiger charge is 2.26. The molecule has 0 bridgehead atoms. The summed E-state index contributed by atoms with van der Waals surface area (Å²) < 4.78 is 5.94. The van der Waals surface area contributed by atoms with Crippen molar-refractivity contribution < 1.29 is 29.0 Å². The minimum atomic E-state index is -0.737. The SMILES string of the molecule is CC(=O)c1ccc(C(=O)NCCCC(=O)c2ccc(OC3CCC(C(=O)O)CC3)cc2)cc1. The van der Waals surface area contributed by atoms with Crippen molar-refractivity contribution in [3.8, 4) is 5.75 Å². The number of benzene rings is 2. The number of hydrogen-bond acceptors (Lipinski definition) is 5. The predicted octanol–water partition coefficient (Wildman–Crippen LogP) is 4.30. The molecule has 174 valence electrons. The molecule has 0 heterocycles. The number of carboxylic acids is 1. The Bertz CT molecular complexity index is 988. The van der Waals surface area contributed by atoms with Crippen LogP contribution in [0.2, 0.25) is 0 Å². The molecular formula is C26H29NO6. The van der Waals surface area contributed by atoms with E-state index >= 15 is 0 Å². The Morgan fingerprint density at radius 2 is 1.45 bits per heavy atom. The summed E-state index contributed by atoms with van der Waals surface area (Å²) in [5.41, 5.74) is 1.61. The summed E-state index contributed by atoms with van der Waals surface area (Å²) in [7, 11) is 0. The van der Waals surface area contributed by atoms with E-state index in [0.29, 0.717) is 67.5 Å². The van der Waals surface area contributed by atoms with Gasteiger partial charge in [-0.1, -0.05) is 12.1 Å². The van der Waals surface area contributed by atoms with Gasteiger partial charge >= 0.3 is 5.97 Å². The lowest BCUT2D eigenvalue weighted by Crippen LogP contribution is -2.27. The lowest BCUT2D eigenvalue weighted by Gasteiger charge is -2.26. The number of Topliss-reactive ketones (excluding diaryl/α,β-unsaturated/α-hetero) is 2. The van der Waals surface area contributed by atoms with E-state index in [1.165, 1.54) is 6.92 Å². The number of carbonyl (C=O) groups is 4. The summed E-state index contributed by atoms with van der Waals surface area (Å²) in [4.78, 5) is 46.9. The van der Waals surface area contributed by atoms with Crippen LogP contribution < -0.4 is 10.1 Å². The van der Waals surface area contributed by atoms with Gasteiger partial charge in [-0.05, 0) is 75.4 Å². The largest absolute Gasteiger partial charge is 0.490 e. The maximum absolute atomic E-state index is 12.4. The van der Waals surface area contributed by atoms with Crippen LogP contribution in [0.15, 0.2) is 48.5 Å². The van der Waals surface area contributed by atoms with E-state index < -0.39 is 5.97 Å². The minimum Gasteiger partial charge on any atom is -0.490 e. The molecule has 2 aromatic carbocycles. The first kappa shape index (κ1) is 24.2. The lowest BCUT2D eigenvalue weighted by molar-refractivity contribution is -0.143. The highest BCUT2D eigenvalue weighted by molar-refractivity contribution is 5.98. The van der Waals surface area contributed by atoms with Crippen LogP contribution in [0.5, 0.6) is 5.75 Å². The summed E-state index contributed by atoms with van der Waals surface area (Å²) in [5, 5.41) is 11.9. The number of rotatable bonds is 10. The topological polar surface area (TPSA) is 110 Å². The fourth-order valence-corrected chi connectivity index (χ4v) is 3.89. The smallest absolute Gasteiger partial charge is 0.306 e. The van der Waals surface area contributed by atoms with Crippen molar-refractivity contribution in [3.63, 3.8) is 0 Å². The van der Waals surface area contributed by atoms with Gasteiger partial charge in [0.05, 0.1) is 12.0 Å². The third kappa shape index (κ3) is 7.00. The molecule has 0 unspecified atom stereocenters. The first-order chi connectivity index (χ1) is 15.8. The van der Waals surface area contributed by atoms with E-state index in [0.717, 1.165) is 0 Å². The maximum atomic E-state index is 12.4. The van der Waals surface area contributed by atoms with Gasteiger partial charge in [-0.25, -0.2) is 0 Å². The average Bonchev–Trinajstić information content (AvgIpc) is 2.82. The second-order valence-corrected chi connectivity index (χ2v) is 8.37. The Morgan fingerprint density at radius 3 is 2.03 bits per heavy atom. The number of ketones is 2. The molecule has 0 aliphatic heterocycles. The standard InChI is InChI=1S/C26H29NO6/c1-17(28)18-4-6-20(7-5-18)25(30)27-16-2-3-24(29)19-8-12-22(13-9-19)33-23-14-10-21(11-15-23)26(31)32/h4-9,12-13,21,23H,2-3,10-11,14-16H2,1H3,(H,27,30)(H,31,32). The number of amides is 1. The Balaban J connectivity index is 1.38. The fourth-order valence-electron chi connectivity index (χ4n) is 3.89. The normalized spacial score (nSPS) is 17.7. The molecule has 1 saturated carbocycles. The van der Waals surface area contributed by atoms with Gasteiger partial charge in [0.1, 0.15) is 5.75 Å². The van der Waals surface area contributed by atoms with Crippen molar-refractivity contribution in [2.24, 2.45) is 5.92 Å². The monoisotopic (exact) mass is 451 g/mol. The third-order valence-corrected chi connectivity index (χ3v) is 5.92. The molecule has 2 aromatic rings. The molecule has 0 radical (unpaired) electrons. The Hall–Kier alpha value is -3.48. The number of hydrogen-bond donors (Lipinski definition) is 2. The van der Waals surface area contributed by atoms with Gasteiger partial charge in [0, 0.05) is 29.7 Å². The maximum Gasteiger partial charge on any atom is 0.306 e. The average molecular weight is 452 g/mol. The van der Waals surface area contributed by atoms with Crippen molar-refractivity contribution >= 4 is 23.4 Å². The van der Waals surface area contributed by atoms with Crippen molar-refractivity contribution in [2.75, 3.05) is 6.54 Å². The molecule has 3 rings (SSSR count). The zero-order chi connectivity index (χ0) is 23.8. The second-order valence-electron chi connectivity index (χ2n) is 8.37. The van der Waals surface area contributed by atoms with Gasteiger partial charge < -0.3 is 15.2 Å². The van der Waals surface area contributed by atoms with Crippen LogP contribution in [0, 0.1) is 5.92 Å². The molecule has 7 heteroatoms. The highest BCUT2D eigenvalue weighted by Crippen LogP contribution is 2.28. The van der Waals surface area contributed by atoms with Gasteiger partial charge in [-0.2, -0.15) is 0 Å². The van der Waals surface area contributed by atoms with E-state index in [2.05, 4.69) is 5.32 Å². The number of nitrogens with one attached hydrogen (secondary N) is 1. The number of aliphatic carboxylic acids is 1. The number of ether oxygens (including phenoxy) is 1. The third-order valence-electron chi connectivity index (χ3n) is 5.92. The Labute approximate surface area is 193 Å². The van der Waals surface area contributed by atoms with Crippen LogP contribution in [-0.4, -0.2) is 41.2 Å². The van der Waals surface area contributed by atoms with Gasteiger partial charge in [0.2, 0.25) is 0 Å². The van der Waals surface area contributed by atoms with Crippen LogP contribution >= 0.6 is 0 Å². The predicted molar refractivity (Wildman–Crippen MR) is 123 cm³/mol. The van der Waals surface area contributed by atoms with E-state index in [-0.39, 0.29) is 29.5 Å². The zero-order valence-corrected chi connectivity index (χ0v) is 18.7. The first-order valence-corrected chi connectivity index (χ1v) is 11.3. The van der Waals surface area contributed by atoms with Gasteiger partial charge in [-0.3, -0.25) is 19.2 Å². The van der Waals surface area contributed by atoms with Crippen LogP contribution in [0.25, 0.3) is 0 Å². The van der Waals surface area contributed by atoms with E-state index in [9.17, 15) is 19.2 Å². The summed E-state index contributed by atoms with van der Waals surface area (Å²) in [5.74, 6) is -0.641. The number of carbonyl (C=O) groups excluding carboxylic acids is 3. The summed E-state index contributed by atoms with van der Waals surface area (Å²) in [6.45, 7) is 1.85. The molecule has 0 atom stereocenters. The van der Waals surface area contributed by atoms with Crippen molar-refractivity contribution in [2.45, 2.75) is 51.6 Å². The quantitative estimate of drug-likeness (QED) is 0.412. The molecule has 7 nitrogen and oxygen atoms in total. The van der Waals surface area contributed by atoms with E-state index in [1.807, 2.05) is 0 Å². The molecule has 1 aliphatic rings. The minimum absolute atomic E-state index is 0.00410. The van der Waals surface area contributed by atoms with Crippen molar-refractivity contribution in [1.29, 1.82) is 0 Å². The van der Waals surface area contributed by atoms with Gasteiger partial charge in [-0.15, -0.1) is 0 Å². The highest BCUT2D eigenvalue weighted by atomic mass is 16.5. The fraction of sp³-hybridized carbons (Fsp3) is 0.385. The molecule has 0 aromatic heterocycles. The first-order valence-electron chi connectivity index (χ1n) is 11.3. The van der Waals surface area contributed by atoms with Crippen LogP contribution in [0.3, 0.4) is 0 Å². The molecule has 1 fully saturated rings. The van der Waals surface area contributed by atoms with Crippen molar-refractivity contribution in [1.82, 2.24) is 5.32 Å². The number of carboxylic acid groups (broad SMARTS) is 1. The summed E-state index contributed by atoms with van der Waals surface area (Å²) in [6, 6.07) is 13.5. The molecule has 1 aliphatic carbocycles. The Morgan fingerprint density at radius 1 is 0.879 bits per heavy atom. The molecule has 1 amide bonds. The zero-order valence-electron chi connectivity index (χ0n) is 18.7. The molecule has 33 heavy (non-hydrogen) atoms. The van der Waals surface area contributed by atoms with Gasteiger partial charge in [0.25, 0.3) is 5.91 Å². The van der Waals surface area contributed by atoms with Gasteiger partial charge in [0.15, 0.2) is 11.6 Å². The molecular weight excluding hydrogens is 422 g/mol. The Kier molecular flexibility index (Phi) is 8.35. The molecule has 2 N–H and O–H groups in total. The molecule has 0 saturated heterocycles. The van der Waals surface area contributed by atoms with Crippen molar-refractivity contribution in [3.05, 3.63) is 65.2 Å². The summed E-state index contributed by atoms with van der Waals surface area (Å²) in [6.07, 6.45) is 3.50. The summed E-state index contributed by atoms with van der Waals surface area (Å²) >= 11 is 0. The van der Waals surface area contributed by atoms with Crippen LogP contribution in [-0.2, 0) is 4.79 Å². The van der Waals surface area contributed by atoms with Crippen LogP contribution in [0.1, 0.15) is 76.5 Å². The van der Waals surface area contributed by atoms with E-state index in [4.69, 9.17) is 9.84 Å². The second kappa shape index (κ2) is 11.4. The lowest BCUT2D eigenvalue weighted by atomic mass is 9.87. The molecule has 0 spiro atoms. The van der Waals surface area contributed by atoms with Crippen LogP contribution in [0.4, 0.5) is 0 Å². The van der Waals surface area contributed by atoms with E-state index in [1.54, 1.807) is 48.5 Å².